The highest BCUT2D eigenvalue weighted by molar-refractivity contribution is 7.15. The molecule has 0 spiro atoms. The number of carbonyl (C=O) groups is 2. The lowest BCUT2D eigenvalue weighted by Gasteiger charge is -2.22. The van der Waals surface area contributed by atoms with Gasteiger partial charge < -0.3 is 5.11 Å². The van der Waals surface area contributed by atoms with E-state index in [1.807, 2.05) is 6.92 Å². The van der Waals surface area contributed by atoms with Gasteiger partial charge in [0, 0.05) is 17.7 Å². The Morgan fingerprint density at radius 2 is 1.90 bits per heavy atom. The number of nitro benzene ring substituents is 1. The van der Waals surface area contributed by atoms with Gasteiger partial charge in [0.2, 0.25) is 5.13 Å². The molecule has 3 aromatic rings. The summed E-state index contributed by atoms with van der Waals surface area (Å²) in [7, 11) is 0. The summed E-state index contributed by atoms with van der Waals surface area (Å²) < 4.78 is 0. The molecule has 0 bridgehead atoms. The van der Waals surface area contributed by atoms with Crippen molar-refractivity contribution in [2.45, 2.75) is 19.4 Å². The van der Waals surface area contributed by atoms with Gasteiger partial charge in [0.15, 0.2) is 0 Å². The molecule has 1 saturated heterocycles. The number of anilines is 1. The van der Waals surface area contributed by atoms with Crippen molar-refractivity contribution in [1.82, 2.24) is 10.2 Å². The summed E-state index contributed by atoms with van der Waals surface area (Å²) in [5.41, 5.74) is 0.292. The van der Waals surface area contributed by atoms with Crippen molar-refractivity contribution in [3.8, 4) is 0 Å². The van der Waals surface area contributed by atoms with Crippen LogP contribution < -0.4 is 4.90 Å². The zero-order valence-corrected chi connectivity index (χ0v) is 17.1. The number of hydrogen-bond acceptors (Lipinski definition) is 8. The van der Waals surface area contributed by atoms with Crippen LogP contribution in [0.2, 0.25) is 0 Å². The number of aromatic nitrogens is 2. The third-order valence-corrected chi connectivity index (χ3v) is 5.92. The van der Waals surface area contributed by atoms with Crippen LogP contribution in [0.3, 0.4) is 0 Å². The zero-order valence-electron chi connectivity index (χ0n) is 16.3. The van der Waals surface area contributed by atoms with Crippen LogP contribution in [0.15, 0.2) is 60.2 Å². The third-order valence-electron chi connectivity index (χ3n) is 4.85. The van der Waals surface area contributed by atoms with Crippen molar-refractivity contribution in [2.75, 3.05) is 4.90 Å². The number of non-ortho nitro benzene ring substituents is 1. The van der Waals surface area contributed by atoms with E-state index >= 15 is 0 Å². The molecular weight excluding hydrogens is 420 g/mol. The Morgan fingerprint density at radius 1 is 1.16 bits per heavy atom. The van der Waals surface area contributed by atoms with E-state index in [2.05, 4.69) is 10.2 Å². The van der Waals surface area contributed by atoms with Crippen molar-refractivity contribution in [3.63, 3.8) is 0 Å². The topological polar surface area (TPSA) is 127 Å². The van der Waals surface area contributed by atoms with Gasteiger partial charge in [0.1, 0.15) is 10.8 Å². The molecule has 2 aromatic carbocycles. The number of aryl methyl sites for hydroxylation is 1. The summed E-state index contributed by atoms with van der Waals surface area (Å²) in [5, 5.41) is 31.2. The highest BCUT2D eigenvalue weighted by Crippen LogP contribution is 2.43. The van der Waals surface area contributed by atoms with E-state index in [1.54, 1.807) is 36.4 Å². The maximum absolute atomic E-state index is 13.0. The molecule has 1 aliphatic heterocycles. The number of rotatable bonds is 5. The summed E-state index contributed by atoms with van der Waals surface area (Å²) in [6.07, 6.45) is 0.590. The Kier molecular flexibility index (Phi) is 5.30. The van der Waals surface area contributed by atoms with Gasteiger partial charge in [-0.1, -0.05) is 60.7 Å². The maximum atomic E-state index is 13.0. The summed E-state index contributed by atoms with van der Waals surface area (Å²) >= 11 is 1.15. The largest absolute Gasteiger partial charge is 0.507 e. The van der Waals surface area contributed by atoms with Crippen LogP contribution in [0, 0.1) is 10.1 Å². The van der Waals surface area contributed by atoms with E-state index in [9.17, 15) is 24.8 Å². The highest BCUT2D eigenvalue weighted by atomic mass is 32.1. The first kappa shape index (κ1) is 20.4. The SMILES string of the molecule is CCc1nnc(N2C(=O)C(=O)/C(=C(/O)c3ccccc3)C2c2cccc([N+](=O)[O-])c2)s1. The first-order valence-electron chi connectivity index (χ1n) is 9.35. The average Bonchev–Trinajstić information content (AvgIpc) is 3.36. The van der Waals surface area contributed by atoms with Crippen molar-refractivity contribution < 1.29 is 19.6 Å². The Bertz CT molecular complexity index is 1220. The number of aliphatic hydroxyl groups is 1. The number of amides is 1. The molecule has 0 radical (unpaired) electrons. The average molecular weight is 436 g/mol. The van der Waals surface area contributed by atoms with Crippen molar-refractivity contribution in [2.24, 2.45) is 0 Å². The number of ketones is 1. The smallest absolute Gasteiger partial charge is 0.301 e. The number of hydrogen-bond donors (Lipinski definition) is 1. The molecule has 1 fully saturated rings. The van der Waals surface area contributed by atoms with Gasteiger partial charge in [-0.25, -0.2) is 0 Å². The number of nitro groups is 1. The Labute approximate surface area is 180 Å². The molecule has 2 heterocycles. The van der Waals surface area contributed by atoms with E-state index in [0.29, 0.717) is 22.6 Å². The lowest BCUT2D eigenvalue weighted by atomic mass is 9.95. The molecule has 10 heteroatoms. The first-order valence-corrected chi connectivity index (χ1v) is 10.2. The van der Waals surface area contributed by atoms with Gasteiger partial charge in [0.25, 0.3) is 11.5 Å². The number of Topliss-reactive ketones (excluding diaryl/α,β-unsaturated/α-hetero) is 1. The molecule has 1 unspecified atom stereocenters. The van der Waals surface area contributed by atoms with Crippen molar-refractivity contribution in [1.29, 1.82) is 0 Å². The van der Waals surface area contributed by atoms with Gasteiger partial charge in [-0.3, -0.25) is 24.6 Å². The second-order valence-electron chi connectivity index (χ2n) is 6.72. The predicted octanol–water partition coefficient (Wildman–Crippen LogP) is 3.64. The lowest BCUT2D eigenvalue weighted by Crippen LogP contribution is -2.29. The Morgan fingerprint density at radius 3 is 2.55 bits per heavy atom. The normalized spacial score (nSPS) is 17.8. The quantitative estimate of drug-likeness (QED) is 0.213. The van der Waals surface area contributed by atoms with Gasteiger partial charge in [-0.15, -0.1) is 10.2 Å². The number of aliphatic hydroxyl groups excluding tert-OH is 1. The molecule has 1 amide bonds. The lowest BCUT2D eigenvalue weighted by molar-refractivity contribution is -0.384. The second kappa shape index (κ2) is 8.07. The first-order chi connectivity index (χ1) is 14.9. The fraction of sp³-hybridized carbons (Fsp3) is 0.143. The van der Waals surface area contributed by atoms with Gasteiger partial charge >= 0.3 is 5.91 Å². The van der Waals surface area contributed by atoms with E-state index in [-0.39, 0.29) is 22.2 Å². The number of nitrogens with zero attached hydrogens (tertiary/aromatic N) is 4. The minimum atomic E-state index is -1.09. The van der Waals surface area contributed by atoms with Crippen LogP contribution in [0.4, 0.5) is 10.8 Å². The van der Waals surface area contributed by atoms with Crippen LogP contribution in [0.25, 0.3) is 5.76 Å². The Balaban J connectivity index is 1.95. The van der Waals surface area contributed by atoms with Crippen LogP contribution >= 0.6 is 11.3 Å². The fourth-order valence-corrected chi connectivity index (χ4v) is 4.20. The second-order valence-corrected chi connectivity index (χ2v) is 7.76. The van der Waals surface area contributed by atoms with E-state index in [1.165, 1.54) is 18.2 Å². The highest BCUT2D eigenvalue weighted by Gasteiger charge is 2.48. The third kappa shape index (κ3) is 3.57. The molecule has 1 aliphatic rings. The summed E-state index contributed by atoms with van der Waals surface area (Å²) in [6.45, 7) is 1.88. The summed E-state index contributed by atoms with van der Waals surface area (Å²) in [6, 6.07) is 12.9. The molecule has 31 heavy (non-hydrogen) atoms. The van der Waals surface area contributed by atoms with E-state index in [4.69, 9.17) is 0 Å². The molecule has 1 atom stereocenters. The Hall–Kier alpha value is -3.92. The van der Waals surface area contributed by atoms with Crippen LogP contribution in [-0.2, 0) is 16.0 Å². The van der Waals surface area contributed by atoms with Crippen LogP contribution in [-0.4, -0.2) is 31.9 Å². The van der Waals surface area contributed by atoms with Gasteiger partial charge in [-0.05, 0) is 12.0 Å². The standard InChI is InChI=1S/C21H16N4O5S/c1-2-15-22-23-21(31-15)24-17(13-9-6-10-14(11-13)25(29)30)16(19(27)20(24)28)18(26)12-7-4-3-5-8-12/h3-11,17,26H,2H2,1H3/b18-16+. The molecule has 9 nitrogen and oxygen atoms in total. The minimum Gasteiger partial charge on any atom is -0.507 e. The summed E-state index contributed by atoms with van der Waals surface area (Å²) in [5.74, 6) is -2.14. The van der Waals surface area contributed by atoms with Crippen molar-refractivity contribution in [3.05, 3.63) is 86.4 Å². The monoisotopic (exact) mass is 436 g/mol. The molecule has 156 valence electrons. The maximum Gasteiger partial charge on any atom is 0.301 e. The van der Waals surface area contributed by atoms with E-state index in [0.717, 1.165) is 16.2 Å². The molecule has 4 rings (SSSR count). The number of benzene rings is 2. The van der Waals surface area contributed by atoms with Gasteiger partial charge in [-0.2, -0.15) is 0 Å². The van der Waals surface area contributed by atoms with Crippen LogP contribution in [0.5, 0.6) is 0 Å². The molecule has 0 saturated carbocycles. The van der Waals surface area contributed by atoms with Crippen molar-refractivity contribution >= 4 is 39.6 Å². The zero-order chi connectivity index (χ0) is 22.1. The fourth-order valence-electron chi connectivity index (χ4n) is 3.39. The molecule has 1 N–H and O–H groups in total. The summed E-state index contributed by atoms with van der Waals surface area (Å²) in [4.78, 5) is 37.9. The molecule has 1 aromatic heterocycles. The minimum absolute atomic E-state index is 0.162. The van der Waals surface area contributed by atoms with E-state index < -0.39 is 22.7 Å². The molecule has 0 aliphatic carbocycles. The number of carbonyl (C=O) groups excluding carboxylic acids is 2. The predicted molar refractivity (Wildman–Crippen MR) is 114 cm³/mol. The molecular formula is C21H16N4O5S. The van der Waals surface area contributed by atoms with Gasteiger partial charge in [0.05, 0.1) is 16.5 Å². The van der Waals surface area contributed by atoms with Crippen LogP contribution in [0.1, 0.15) is 29.1 Å².